The van der Waals surface area contributed by atoms with Crippen LogP contribution in [0.3, 0.4) is 0 Å². The van der Waals surface area contributed by atoms with Crippen LogP contribution in [0.1, 0.15) is 20.8 Å². The topological polar surface area (TPSA) is 9.23 Å². The van der Waals surface area contributed by atoms with E-state index in [1.165, 1.54) is 16.0 Å². The maximum atomic E-state index is 5.76. The van der Waals surface area contributed by atoms with Crippen molar-refractivity contribution in [3.8, 4) is 5.75 Å². The highest BCUT2D eigenvalue weighted by atomic mass is 79.9. The molecule has 1 aliphatic rings. The molecule has 0 spiro atoms. The van der Waals surface area contributed by atoms with Gasteiger partial charge in [0.1, 0.15) is 5.75 Å². The summed E-state index contributed by atoms with van der Waals surface area (Å²) in [5, 5.41) is 2.10. The standard InChI is InChI=1S/C13H10Br2OS/c14-9-6-8-3-4-16-13(8)10(7-9)12(15)11-2-1-5-17-11/h1-2,5-7,12H,3-4H2. The Labute approximate surface area is 121 Å². The van der Waals surface area contributed by atoms with Crippen LogP contribution in [0.4, 0.5) is 0 Å². The first-order valence-electron chi connectivity index (χ1n) is 5.38. The number of thiophene rings is 1. The molecule has 4 heteroatoms. The Morgan fingerprint density at radius 1 is 1.35 bits per heavy atom. The van der Waals surface area contributed by atoms with Gasteiger partial charge in [-0.05, 0) is 29.1 Å². The summed E-state index contributed by atoms with van der Waals surface area (Å²) in [5.41, 5.74) is 2.52. The van der Waals surface area contributed by atoms with E-state index < -0.39 is 0 Å². The molecule has 0 radical (unpaired) electrons. The number of ether oxygens (including phenoxy) is 1. The van der Waals surface area contributed by atoms with Crippen LogP contribution in [0.25, 0.3) is 0 Å². The van der Waals surface area contributed by atoms with Crippen LogP contribution in [0, 0.1) is 0 Å². The average Bonchev–Trinajstić information content (AvgIpc) is 2.97. The normalized spacial score (nSPS) is 15.4. The molecule has 1 aromatic carbocycles. The lowest BCUT2D eigenvalue weighted by atomic mass is 10.0. The van der Waals surface area contributed by atoms with E-state index in [4.69, 9.17) is 4.74 Å². The Morgan fingerprint density at radius 2 is 2.24 bits per heavy atom. The molecule has 0 fully saturated rings. The molecule has 17 heavy (non-hydrogen) atoms. The van der Waals surface area contributed by atoms with Gasteiger partial charge in [0.05, 0.1) is 11.4 Å². The van der Waals surface area contributed by atoms with Gasteiger partial charge in [-0.3, -0.25) is 0 Å². The number of hydrogen-bond donors (Lipinski definition) is 0. The van der Waals surface area contributed by atoms with E-state index in [9.17, 15) is 0 Å². The Kier molecular flexibility index (Phi) is 3.28. The number of halogens is 2. The first-order valence-corrected chi connectivity index (χ1v) is 7.97. The van der Waals surface area contributed by atoms with E-state index in [2.05, 4.69) is 61.5 Å². The van der Waals surface area contributed by atoms with Crippen molar-refractivity contribution in [1.82, 2.24) is 0 Å². The summed E-state index contributed by atoms with van der Waals surface area (Å²) in [6.45, 7) is 0.795. The minimum Gasteiger partial charge on any atom is -0.493 e. The van der Waals surface area contributed by atoms with Crippen LogP contribution >= 0.6 is 43.2 Å². The number of fused-ring (bicyclic) bond motifs is 1. The highest BCUT2D eigenvalue weighted by molar-refractivity contribution is 9.10. The second-order valence-electron chi connectivity index (χ2n) is 3.96. The third-order valence-electron chi connectivity index (χ3n) is 2.84. The van der Waals surface area contributed by atoms with Crippen molar-refractivity contribution >= 4 is 43.2 Å². The van der Waals surface area contributed by atoms with Crippen molar-refractivity contribution in [2.45, 2.75) is 11.2 Å². The smallest absolute Gasteiger partial charge is 0.127 e. The number of hydrogen-bond acceptors (Lipinski definition) is 2. The maximum Gasteiger partial charge on any atom is 0.127 e. The van der Waals surface area contributed by atoms with Gasteiger partial charge in [0.25, 0.3) is 0 Å². The fourth-order valence-electron chi connectivity index (χ4n) is 2.07. The molecule has 88 valence electrons. The van der Waals surface area contributed by atoms with E-state index >= 15 is 0 Å². The SMILES string of the molecule is Brc1cc2c(c(C(Br)c3cccs3)c1)OCC2. The van der Waals surface area contributed by atoms with E-state index in [1.54, 1.807) is 11.3 Å². The largest absolute Gasteiger partial charge is 0.493 e. The number of benzene rings is 1. The van der Waals surface area contributed by atoms with Crippen molar-refractivity contribution in [2.75, 3.05) is 6.61 Å². The van der Waals surface area contributed by atoms with Crippen molar-refractivity contribution in [1.29, 1.82) is 0 Å². The quantitative estimate of drug-likeness (QED) is 0.678. The molecule has 2 aromatic rings. The predicted octanol–water partition coefficient (Wildman–Crippen LogP) is 4.93. The molecule has 0 saturated carbocycles. The van der Waals surface area contributed by atoms with Gasteiger partial charge in [0, 0.05) is 21.3 Å². The fraction of sp³-hybridized carbons (Fsp3) is 0.231. The van der Waals surface area contributed by atoms with Crippen LogP contribution in [0.15, 0.2) is 34.1 Å². The summed E-state index contributed by atoms with van der Waals surface area (Å²) in [5.74, 6) is 1.06. The first kappa shape index (κ1) is 11.8. The molecular formula is C13H10Br2OS. The third kappa shape index (κ3) is 2.18. The minimum atomic E-state index is 0.215. The Balaban J connectivity index is 2.09. The fourth-order valence-corrected chi connectivity index (χ4v) is 4.13. The van der Waals surface area contributed by atoms with Crippen LogP contribution in [0.2, 0.25) is 0 Å². The van der Waals surface area contributed by atoms with Crippen LogP contribution < -0.4 is 4.74 Å². The lowest BCUT2D eigenvalue weighted by molar-refractivity contribution is 0.354. The van der Waals surface area contributed by atoms with Crippen molar-refractivity contribution in [3.05, 3.63) is 50.1 Å². The molecule has 0 aliphatic carbocycles. The second-order valence-corrected chi connectivity index (χ2v) is 6.77. The minimum absolute atomic E-state index is 0.215. The number of rotatable bonds is 2. The van der Waals surface area contributed by atoms with Crippen LogP contribution in [-0.4, -0.2) is 6.61 Å². The molecule has 0 bridgehead atoms. The van der Waals surface area contributed by atoms with Gasteiger partial charge in [-0.2, -0.15) is 0 Å². The summed E-state index contributed by atoms with van der Waals surface area (Å²) >= 11 is 9.10. The van der Waals surface area contributed by atoms with Gasteiger partial charge in [-0.15, -0.1) is 11.3 Å². The van der Waals surface area contributed by atoms with Gasteiger partial charge in [0.15, 0.2) is 0 Å². The Hall–Kier alpha value is -0.320. The predicted molar refractivity (Wildman–Crippen MR) is 78.4 cm³/mol. The average molecular weight is 374 g/mol. The summed E-state index contributed by atoms with van der Waals surface area (Å²) in [4.78, 5) is 1.52. The molecular weight excluding hydrogens is 364 g/mol. The van der Waals surface area contributed by atoms with Crippen LogP contribution in [-0.2, 0) is 6.42 Å². The highest BCUT2D eigenvalue weighted by Gasteiger charge is 2.23. The van der Waals surface area contributed by atoms with E-state index in [1.807, 2.05) is 0 Å². The zero-order chi connectivity index (χ0) is 11.8. The zero-order valence-electron chi connectivity index (χ0n) is 8.95. The molecule has 1 nitrogen and oxygen atoms in total. The van der Waals surface area contributed by atoms with Gasteiger partial charge in [-0.25, -0.2) is 0 Å². The van der Waals surface area contributed by atoms with Crippen LogP contribution in [0.5, 0.6) is 5.75 Å². The summed E-state index contributed by atoms with van der Waals surface area (Å²) in [6, 6.07) is 8.52. The summed E-state index contributed by atoms with van der Waals surface area (Å²) < 4.78 is 6.88. The maximum absolute atomic E-state index is 5.76. The number of alkyl halides is 1. The van der Waals surface area contributed by atoms with E-state index in [-0.39, 0.29) is 4.83 Å². The van der Waals surface area contributed by atoms with Crippen molar-refractivity contribution in [3.63, 3.8) is 0 Å². The Morgan fingerprint density at radius 3 is 3.00 bits per heavy atom. The second kappa shape index (κ2) is 4.75. The lowest BCUT2D eigenvalue weighted by Crippen LogP contribution is -1.95. The molecule has 1 atom stereocenters. The van der Waals surface area contributed by atoms with Gasteiger partial charge in [0.2, 0.25) is 0 Å². The molecule has 1 aromatic heterocycles. The first-order chi connectivity index (χ1) is 8.25. The van der Waals surface area contributed by atoms with Crippen molar-refractivity contribution in [2.24, 2.45) is 0 Å². The van der Waals surface area contributed by atoms with E-state index in [0.29, 0.717) is 0 Å². The van der Waals surface area contributed by atoms with Gasteiger partial charge >= 0.3 is 0 Å². The highest BCUT2D eigenvalue weighted by Crippen LogP contribution is 2.43. The zero-order valence-corrected chi connectivity index (χ0v) is 12.9. The molecule has 1 unspecified atom stereocenters. The summed E-state index contributed by atoms with van der Waals surface area (Å²) in [6.07, 6.45) is 1.01. The van der Waals surface area contributed by atoms with Gasteiger partial charge in [-0.1, -0.05) is 37.9 Å². The summed E-state index contributed by atoms with van der Waals surface area (Å²) in [7, 11) is 0. The molecule has 2 heterocycles. The third-order valence-corrected chi connectivity index (χ3v) is 5.53. The molecule has 0 amide bonds. The molecule has 1 aliphatic heterocycles. The van der Waals surface area contributed by atoms with Crippen molar-refractivity contribution < 1.29 is 4.74 Å². The molecule has 0 saturated heterocycles. The Bertz CT molecular complexity index is 537. The molecule has 3 rings (SSSR count). The van der Waals surface area contributed by atoms with Gasteiger partial charge < -0.3 is 4.74 Å². The lowest BCUT2D eigenvalue weighted by Gasteiger charge is -2.13. The molecule has 0 N–H and O–H groups in total. The van der Waals surface area contributed by atoms with E-state index in [0.717, 1.165) is 23.2 Å². The monoisotopic (exact) mass is 372 g/mol.